The van der Waals surface area contributed by atoms with E-state index < -0.39 is 36.6 Å². The molecule has 0 bridgehead atoms. The smallest absolute Gasteiger partial charge is 0.243 e. The summed E-state index contributed by atoms with van der Waals surface area (Å²) in [6.45, 7) is 0. The van der Waals surface area contributed by atoms with Crippen molar-refractivity contribution in [2.45, 2.75) is 23.8 Å². The largest absolute Gasteiger partial charge is 0.399 e. The highest BCUT2D eigenvalue weighted by Gasteiger charge is 2.29. The molecule has 1 fully saturated rings. The topological polar surface area (TPSA) is 106 Å². The Morgan fingerprint density at radius 3 is 2.65 bits per heavy atom. The van der Waals surface area contributed by atoms with Crippen molar-refractivity contribution in [2.75, 3.05) is 17.2 Å². The van der Waals surface area contributed by atoms with Crippen LogP contribution in [0.1, 0.15) is 12.8 Å². The van der Waals surface area contributed by atoms with Crippen LogP contribution in [0.15, 0.2) is 23.1 Å². The van der Waals surface area contributed by atoms with Gasteiger partial charge >= 0.3 is 0 Å². The van der Waals surface area contributed by atoms with Gasteiger partial charge < -0.3 is 5.73 Å². The first-order chi connectivity index (χ1) is 9.20. The summed E-state index contributed by atoms with van der Waals surface area (Å²) < 4.78 is 62.9. The molecule has 0 aliphatic carbocycles. The standard InChI is InChI=1S/C11H15FN2O4S2/c12-10-6-8(13)3-4-11(10)20(17,18)14-9-2-1-5-19(15,16)7-9/h3-4,6,9,14H,1-2,5,7,13H2. The lowest BCUT2D eigenvalue weighted by atomic mass is 10.2. The van der Waals surface area contributed by atoms with Crippen molar-refractivity contribution < 1.29 is 21.2 Å². The van der Waals surface area contributed by atoms with Gasteiger partial charge in [-0.3, -0.25) is 0 Å². The lowest BCUT2D eigenvalue weighted by molar-refractivity contribution is 0.512. The number of halogens is 1. The zero-order valence-corrected chi connectivity index (χ0v) is 12.2. The number of nitrogen functional groups attached to an aromatic ring is 1. The molecule has 0 spiro atoms. The predicted molar refractivity (Wildman–Crippen MR) is 72.8 cm³/mol. The lowest BCUT2D eigenvalue weighted by Crippen LogP contribution is -2.43. The number of benzene rings is 1. The summed E-state index contributed by atoms with van der Waals surface area (Å²) in [4.78, 5) is -0.533. The Balaban J connectivity index is 2.23. The van der Waals surface area contributed by atoms with Crippen LogP contribution in [0.4, 0.5) is 10.1 Å². The van der Waals surface area contributed by atoms with Gasteiger partial charge in [-0.2, -0.15) is 0 Å². The van der Waals surface area contributed by atoms with Crippen molar-refractivity contribution in [3.05, 3.63) is 24.0 Å². The molecule has 1 aliphatic rings. The van der Waals surface area contributed by atoms with E-state index >= 15 is 0 Å². The van der Waals surface area contributed by atoms with Gasteiger partial charge in [0.25, 0.3) is 0 Å². The van der Waals surface area contributed by atoms with Crippen molar-refractivity contribution >= 4 is 25.5 Å². The average molecular weight is 322 g/mol. The summed E-state index contributed by atoms with van der Waals surface area (Å²) in [6.07, 6.45) is 0.800. The molecule has 20 heavy (non-hydrogen) atoms. The highest BCUT2D eigenvalue weighted by molar-refractivity contribution is 7.91. The number of anilines is 1. The second-order valence-electron chi connectivity index (χ2n) is 4.76. The number of rotatable bonds is 3. The van der Waals surface area contributed by atoms with E-state index in [0.29, 0.717) is 12.8 Å². The third-order valence-electron chi connectivity index (χ3n) is 3.03. The number of hydrogen-bond acceptors (Lipinski definition) is 5. The van der Waals surface area contributed by atoms with Crippen LogP contribution in [0.25, 0.3) is 0 Å². The van der Waals surface area contributed by atoms with Gasteiger partial charge in [-0.25, -0.2) is 25.9 Å². The predicted octanol–water partition coefficient (Wildman–Crippen LogP) is 0.263. The fourth-order valence-corrected chi connectivity index (χ4v) is 5.21. The number of sulfone groups is 1. The Labute approximate surface area is 117 Å². The molecule has 0 saturated carbocycles. The van der Waals surface area contributed by atoms with E-state index in [2.05, 4.69) is 4.72 Å². The Hall–Kier alpha value is -1.19. The van der Waals surface area contributed by atoms with E-state index in [9.17, 15) is 21.2 Å². The molecule has 1 saturated heterocycles. The molecule has 0 amide bonds. The van der Waals surface area contributed by atoms with E-state index in [1.165, 1.54) is 6.07 Å². The second-order valence-corrected chi connectivity index (χ2v) is 8.68. The van der Waals surface area contributed by atoms with Crippen LogP contribution >= 0.6 is 0 Å². The normalized spacial score (nSPS) is 22.6. The van der Waals surface area contributed by atoms with Gasteiger partial charge in [0.2, 0.25) is 10.0 Å². The third-order valence-corrected chi connectivity index (χ3v) is 6.40. The first-order valence-corrected chi connectivity index (χ1v) is 9.28. The molecule has 9 heteroatoms. The minimum Gasteiger partial charge on any atom is -0.399 e. The first kappa shape index (κ1) is 15.2. The van der Waals surface area contributed by atoms with E-state index in [-0.39, 0.29) is 17.2 Å². The van der Waals surface area contributed by atoms with Crippen molar-refractivity contribution in [2.24, 2.45) is 0 Å². The molecule has 1 unspecified atom stereocenters. The third kappa shape index (κ3) is 3.47. The highest BCUT2D eigenvalue weighted by atomic mass is 32.2. The molecule has 1 aromatic rings. The van der Waals surface area contributed by atoms with Crippen LogP contribution in [-0.2, 0) is 19.9 Å². The van der Waals surface area contributed by atoms with Gasteiger partial charge in [-0.1, -0.05) is 0 Å². The quantitative estimate of drug-likeness (QED) is 0.777. The zero-order chi connectivity index (χ0) is 15.0. The first-order valence-electron chi connectivity index (χ1n) is 5.97. The summed E-state index contributed by atoms with van der Waals surface area (Å²) in [5.74, 6) is -1.17. The van der Waals surface area contributed by atoms with E-state index in [4.69, 9.17) is 5.73 Å². The fourth-order valence-electron chi connectivity index (χ4n) is 2.13. The lowest BCUT2D eigenvalue weighted by Gasteiger charge is -2.22. The molecule has 1 heterocycles. The van der Waals surface area contributed by atoms with E-state index in [1.54, 1.807) is 0 Å². The van der Waals surface area contributed by atoms with Crippen molar-refractivity contribution in [1.29, 1.82) is 0 Å². The maximum atomic E-state index is 13.6. The molecule has 2 rings (SSSR count). The zero-order valence-electron chi connectivity index (χ0n) is 10.5. The van der Waals surface area contributed by atoms with Crippen LogP contribution in [0.5, 0.6) is 0 Å². The summed E-state index contributed by atoms with van der Waals surface area (Å²) >= 11 is 0. The summed E-state index contributed by atoms with van der Waals surface area (Å²) in [5.41, 5.74) is 5.47. The minimum atomic E-state index is -4.10. The van der Waals surface area contributed by atoms with Crippen molar-refractivity contribution in [3.8, 4) is 0 Å². The summed E-state index contributed by atoms with van der Waals surface area (Å²) in [6, 6.07) is 2.52. The molecule has 112 valence electrons. The van der Waals surface area contributed by atoms with Gasteiger partial charge in [0.1, 0.15) is 10.7 Å². The molecule has 6 nitrogen and oxygen atoms in total. The Bertz CT molecular complexity index is 716. The van der Waals surface area contributed by atoms with Crippen molar-refractivity contribution in [1.82, 2.24) is 4.72 Å². The maximum absolute atomic E-state index is 13.6. The highest BCUT2D eigenvalue weighted by Crippen LogP contribution is 2.19. The molecule has 0 aromatic heterocycles. The molecular weight excluding hydrogens is 307 g/mol. The molecule has 3 N–H and O–H groups in total. The van der Waals surface area contributed by atoms with Crippen molar-refractivity contribution in [3.63, 3.8) is 0 Å². The monoisotopic (exact) mass is 322 g/mol. The van der Waals surface area contributed by atoms with Gasteiger partial charge in [-0.15, -0.1) is 0 Å². The molecule has 1 aliphatic heterocycles. The number of nitrogens with two attached hydrogens (primary N) is 1. The van der Waals surface area contributed by atoms with E-state index in [1.807, 2.05) is 0 Å². The number of sulfonamides is 1. The van der Waals surface area contributed by atoms with Crippen LogP contribution in [0, 0.1) is 5.82 Å². The van der Waals surface area contributed by atoms with Gasteiger partial charge in [0.15, 0.2) is 9.84 Å². The Kier molecular flexibility index (Phi) is 4.03. The van der Waals surface area contributed by atoms with Crippen LogP contribution < -0.4 is 10.5 Å². The second kappa shape index (κ2) is 5.30. The Morgan fingerprint density at radius 1 is 1.35 bits per heavy atom. The van der Waals surface area contributed by atoms with E-state index in [0.717, 1.165) is 12.1 Å². The van der Waals surface area contributed by atoms with Gasteiger partial charge in [-0.05, 0) is 31.0 Å². The SMILES string of the molecule is Nc1ccc(S(=O)(=O)NC2CCCS(=O)(=O)C2)c(F)c1. The van der Waals surface area contributed by atoms with Crippen LogP contribution in [-0.4, -0.2) is 34.4 Å². The molecule has 0 radical (unpaired) electrons. The summed E-state index contributed by atoms with van der Waals surface area (Å²) in [7, 11) is -7.35. The summed E-state index contributed by atoms with van der Waals surface area (Å²) in [5, 5.41) is 0. The van der Waals surface area contributed by atoms with Crippen LogP contribution in [0.3, 0.4) is 0 Å². The molecule has 1 aromatic carbocycles. The molecular formula is C11H15FN2O4S2. The maximum Gasteiger partial charge on any atom is 0.243 e. The van der Waals surface area contributed by atoms with Gasteiger partial charge in [0, 0.05) is 11.7 Å². The minimum absolute atomic E-state index is 0.0570. The Morgan fingerprint density at radius 2 is 2.05 bits per heavy atom. The van der Waals surface area contributed by atoms with Gasteiger partial charge in [0.05, 0.1) is 11.5 Å². The fraction of sp³-hybridized carbons (Fsp3) is 0.455. The number of nitrogens with one attached hydrogen (secondary N) is 1. The average Bonchev–Trinajstić information content (AvgIpc) is 2.25. The number of hydrogen-bond donors (Lipinski definition) is 2. The van der Waals surface area contributed by atoms with Crippen LogP contribution in [0.2, 0.25) is 0 Å². The molecule has 1 atom stereocenters.